The molecule has 0 amide bonds. The van der Waals surface area contributed by atoms with Gasteiger partial charge < -0.3 is 10.1 Å². The van der Waals surface area contributed by atoms with Gasteiger partial charge in [-0.3, -0.25) is 4.79 Å². The smallest absolute Gasteiger partial charge is 0.179 e. The lowest BCUT2D eigenvalue weighted by atomic mass is 10.0. The molecule has 1 aromatic carbocycles. The van der Waals surface area contributed by atoms with Crippen LogP contribution in [0.15, 0.2) is 24.3 Å². The van der Waals surface area contributed by atoms with Crippen molar-refractivity contribution < 1.29 is 9.53 Å². The largest absolute Gasteiger partial charge is 0.497 e. The molecule has 80 valence electrons. The average Bonchev–Trinajstić information content (AvgIpc) is 2.81. The van der Waals surface area contributed by atoms with Crippen LogP contribution in [0.2, 0.25) is 0 Å². The van der Waals surface area contributed by atoms with Crippen LogP contribution in [0.25, 0.3) is 0 Å². The van der Waals surface area contributed by atoms with Gasteiger partial charge in [0.05, 0.1) is 13.2 Å². The van der Waals surface area contributed by atoms with Gasteiger partial charge in [0.1, 0.15) is 5.75 Å². The summed E-state index contributed by atoms with van der Waals surface area (Å²) in [5.74, 6) is 0.908. The van der Waals surface area contributed by atoms with Crippen LogP contribution in [0, 0.1) is 0 Å². The van der Waals surface area contributed by atoms with E-state index in [0.717, 1.165) is 30.7 Å². The Bertz CT molecular complexity index is 356. The van der Waals surface area contributed by atoms with E-state index in [1.54, 1.807) is 13.2 Å². The fraction of sp³-hybridized carbons (Fsp3) is 0.417. The number of ether oxygens (including phenoxy) is 1. The van der Waals surface area contributed by atoms with Gasteiger partial charge in [0.2, 0.25) is 0 Å². The highest BCUT2D eigenvalue weighted by Gasteiger charge is 2.23. The molecule has 0 aliphatic carbocycles. The summed E-state index contributed by atoms with van der Waals surface area (Å²) in [5, 5.41) is 3.20. The van der Waals surface area contributed by atoms with Crippen molar-refractivity contribution in [3.8, 4) is 5.75 Å². The molecule has 3 nitrogen and oxygen atoms in total. The summed E-state index contributed by atoms with van der Waals surface area (Å²) in [6.07, 6.45) is 2.02. The zero-order valence-corrected chi connectivity index (χ0v) is 8.82. The predicted molar refractivity (Wildman–Crippen MR) is 58.3 cm³/mol. The van der Waals surface area contributed by atoms with Gasteiger partial charge in [-0.1, -0.05) is 12.1 Å². The summed E-state index contributed by atoms with van der Waals surface area (Å²) in [7, 11) is 1.61. The van der Waals surface area contributed by atoms with Crippen molar-refractivity contribution in [2.24, 2.45) is 0 Å². The fourth-order valence-electron chi connectivity index (χ4n) is 1.89. The van der Waals surface area contributed by atoms with Gasteiger partial charge in [0.15, 0.2) is 5.78 Å². The number of carbonyl (C=O) groups excluding carboxylic acids is 1. The molecule has 1 N–H and O–H groups in total. The summed E-state index contributed by atoms with van der Waals surface area (Å²) in [5.41, 5.74) is 0.730. The van der Waals surface area contributed by atoms with Gasteiger partial charge in [-0.2, -0.15) is 0 Å². The van der Waals surface area contributed by atoms with E-state index in [1.807, 2.05) is 18.2 Å². The standard InChI is InChI=1S/C12H15NO2/c1-15-10-5-2-4-9(8-10)12(14)11-6-3-7-13-11/h2,4-5,8,11,13H,3,6-7H2,1H3. The predicted octanol–water partition coefficient (Wildman–Crippen LogP) is 1.63. The summed E-state index contributed by atoms with van der Waals surface area (Å²) in [6, 6.07) is 7.32. The van der Waals surface area contributed by atoms with Crippen LogP contribution < -0.4 is 10.1 Å². The van der Waals surface area contributed by atoms with Crippen LogP contribution in [0.4, 0.5) is 0 Å². The zero-order chi connectivity index (χ0) is 10.7. The quantitative estimate of drug-likeness (QED) is 0.762. The Balaban J connectivity index is 2.17. The molecule has 1 unspecified atom stereocenters. The molecular weight excluding hydrogens is 190 g/mol. The van der Waals surface area contributed by atoms with Gasteiger partial charge >= 0.3 is 0 Å². The molecular formula is C12H15NO2. The lowest BCUT2D eigenvalue weighted by Gasteiger charge is -2.09. The second-order valence-corrected chi connectivity index (χ2v) is 3.75. The van der Waals surface area contributed by atoms with Crippen molar-refractivity contribution in [2.75, 3.05) is 13.7 Å². The summed E-state index contributed by atoms with van der Waals surface area (Å²) in [6.45, 7) is 0.945. The molecule has 1 heterocycles. The number of nitrogens with one attached hydrogen (secondary N) is 1. The summed E-state index contributed by atoms with van der Waals surface area (Å²) < 4.78 is 5.10. The second kappa shape index (κ2) is 4.45. The molecule has 1 atom stereocenters. The van der Waals surface area contributed by atoms with E-state index in [4.69, 9.17) is 4.74 Å². The highest BCUT2D eigenvalue weighted by Crippen LogP contribution is 2.17. The van der Waals surface area contributed by atoms with E-state index in [-0.39, 0.29) is 11.8 Å². The zero-order valence-electron chi connectivity index (χ0n) is 8.82. The maximum Gasteiger partial charge on any atom is 0.179 e. The van der Waals surface area contributed by atoms with E-state index >= 15 is 0 Å². The molecule has 1 saturated heterocycles. The van der Waals surface area contributed by atoms with Crippen molar-refractivity contribution in [3.63, 3.8) is 0 Å². The van der Waals surface area contributed by atoms with Crippen molar-refractivity contribution >= 4 is 5.78 Å². The van der Waals surface area contributed by atoms with Crippen LogP contribution in [0.3, 0.4) is 0 Å². The molecule has 2 rings (SSSR count). The molecule has 15 heavy (non-hydrogen) atoms. The number of rotatable bonds is 3. The number of Topliss-reactive ketones (excluding diaryl/α,β-unsaturated/α-hetero) is 1. The summed E-state index contributed by atoms with van der Waals surface area (Å²) in [4.78, 5) is 12.0. The van der Waals surface area contributed by atoms with Crippen molar-refractivity contribution in [2.45, 2.75) is 18.9 Å². The average molecular weight is 205 g/mol. The van der Waals surface area contributed by atoms with Gasteiger partial charge in [-0.25, -0.2) is 0 Å². The van der Waals surface area contributed by atoms with Gasteiger partial charge in [-0.15, -0.1) is 0 Å². The van der Waals surface area contributed by atoms with Crippen molar-refractivity contribution in [1.29, 1.82) is 0 Å². The number of carbonyl (C=O) groups is 1. The molecule has 0 aromatic heterocycles. The molecule has 0 spiro atoms. The Morgan fingerprint density at radius 3 is 3.07 bits per heavy atom. The van der Waals surface area contributed by atoms with E-state index in [9.17, 15) is 4.79 Å². The Labute approximate surface area is 89.4 Å². The highest BCUT2D eigenvalue weighted by atomic mass is 16.5. The Hall–Kier alpha value is -1.35. The first-order valence-electron chi connectivity index (χ1n) is 5.23. The van der Waals surface area contributed by atoms with Crippen LogP contribution in [0.1, 0.15) is 23.2 Å². The Morgan fingerprint density at radius 1 is 1.53 bits per heavy atom. The monoisotopic (exact) mass is 205 g/mol. The van der Waals surface area contributed by atoms with Gasteiger partial charge in [0, 0.05) is 5.56 Å². The lowest BCUT2D eigenvalue weighted by Crippen LogP contribution is -2.30. The number of ketones is 1. The molecule has 1 aromatic rings. The molecule has 1 aliphatic heterocycles. The normalized spacial score (nSPS) is 20.2. The SMILES string of the molecule is COc1cccc(C(=O)C2CCCN2)c1. The lowest BCUT2D eigenvalue weighted by molar-refractivity contribution is 0.0952. The van der Waals surface area contributed by atoms with Gasteiger partial charge in [-0.05, 0) is 31.5 Å². The third kappa shape index (κ3) is 2.18. The number of hydrogen-bond donors (Lipinski definition) is 1. The van der Waals surface area contributed by atoms with E-state index in [1.165, 1.54) is 0 Å². The van der Waals surface area contributed by atoms with Crippen molar-refractivity contribution in [3.05, 3.63) is 29.8 Å². The molecule has 0 radical (unpaired) electrons. The first-order valence-corrected chi connectivity index (χ1v) is 5.23. The minimum absolute atomic E-state index is 0.00268. The maximum absolute atomic E-state index is 12.0. The Kier molecular flexibility index (Phi) is 3.02. The van der Waals surface area contributed by atoms with E-state index < -0.39 is 0 Å². The molecule has 3 heteroatoms. The topological polar surface area (TPSA) is 38.3 Å². The molecule has 0 bridgehead atoms. The molecule has 1 aliphatic rings. The third-order valence-corrected chi connectivity index (χ3v) is 2.73. The molecule has 0 saturated carbocycles. The third-order valence-electron chi connectivity index (χ3n) is 2.73. The molecule has 1 fully saturated rings. The summed E-state index contributed by atoms with van der Waals surface area (Å²) >= 11 is 0. The number of hydrogen-bond acceptors (Lipinski definition) is 3. The van der Waals surface area contributed by atoms with Crippen LogP contribution in [-0.4, -0.2) is 25.5 Å². The van der Waals surface area contributed by atoms with Crippen LogP contribution in [0.5, 0.6) is 5.75 Å². The number of benzene rings is 1. The first-order chi connectivity index (χ1) is 7.31. The van der Waals surface area contributed by atoms with Crippen LogP contribution >= 0.6 is 0 Å². The maximum atomic E-state index is 12.0. The van der Waals surface area contributed by atoms with Crippen molar-refractivity contribution in [1.82, 2.24) is 5.32 Å². The second-order valence-electron chi connectivity index (χ2n) is 3.75. The minimum Gasteiger partial charge on any atom is -0.497 e. The highest BCUT2D eigenvalue weighted by molar-refractivity contribution is 6.00. The van der Waals surface area contributed by atoms with E-state index in [2.05, 4.69) is 5.32 Å². The Morgan fingerprint density at radius 2 is 2.40 bits per heavy atom. The first kappa shape index (κ1) is 10.2. The minimum atomic E-state index is -0.00268. The number of methoxy groups -OCH3 is 1. The fourth-order valence-corrected chi connectivity index (χ4v) is 1.89. The van der Waals surface area contributed by atoms with Gasteiger partial charge in [0.25, 0.3) is 0 Å². The van der Waals surface area contributed by atoms with Crippen LogP contribution in [-0.2, 0) is 0 Å². The van der Waals surface area contributed by atoms with E-state index in [0.29, 0.717) is 0 Å².